The van der Waals surface area contributed by atoms with E-state index >= 15 is 0 Å². The Balaban J connectivity index is 1.92. The van der Waals surface area contributed by atoms with Gasteiger partial charge in [-0.1, -0.05) is 26.8 Å². The van der Waals surface area contributed by atoms with Gasteiger partial charge in [0, 0.05) is 23.2 Å². The predicted molar refractivity (Wildman–Crippen MR) is 88.4 cm³/mol. The maximum absolute atomic E-state index is 12.2. The van der Waals surface area contributed by atoms with E-state index in [1.165, 1.54) is 13.0 Å². The number of nitrogens with zero attached hydrogens (tertiary/aromatic N) is 1. The van der Waals surface area contributed by atoms with Crippen molar-refractivity contribution in [3.05, 3.63) is 24.3 Å². The van der Waals surface area contributed by atoms with Gasteiger partial charge in [-0.05, 0) is 44.0 Å². The molecule has 1 aliphatic rings. The molecule has 1 fully saturated rings. The summed E-state index contributed by atoms with van der Waals surface area (Å²) < 4.78 is 18.2. The van der Waals surface area contributed by atoms with Gasteiger partial charge in [-0.15, -0.1) is 0 Å². The summed E-state index contributed by atoms with van der Waals surface area (Å²) in [6.45, 7) is 9.62. The number of likely N-dealkylation sites (tertiary alicyclic amines) is 1. The summed E-state index contributed by atoms with van der Waals surface area (Å²) in [7, 11) is -0.949. The monoisotopic (exact) mass is 309 g/mol. The second-order valence-electron chi connectivity index (χ2n) is 5.98. The highest BCUT2D eigenvalue weighted by Crippen LogP contribution is 2.22. The molecule has 1 atom stereocenters. The second kappa shape index (κ2) is 7.95. The Morgan fingerprint density at radius 3 is 2.67 bits per heavy atom. The van der Waals surface area contributed by atoms with Gasteiger partial charge in [-0.3, -0.25) is 4.21 Å². The fraction of sp³-hybridized carbons (Fsp3) is 0.647. The Kier molecular flexibility index (Phi) is 6.24. The fourth-order valence-electron chi connectivity index (χ4n) is 2.70. The summed E-state index contributed by atoms with van der Waals surface area (Å²) in [6.07, 6.45) is 3.67. The van der Waals surface area contributed by atoms with Gasteiger partial charge in [0.25, 0.3) is 0 Å². The lowest BCUT2D eigenvalue weighted by atomic mass is 10.1. The average molecular weight is 309 g/mol. The van der Waals surface area contributed by atoms with Crippen LogP contribution in [-0.4, -0.2) is 40.1 Å². The molecule has 4 heteroatoms. The lowest BCUT2D eigenvalue weighted by molar-refractivity contribution is 0.100. The van der Waals surface area contributed by atoms with E-state index in [0.717, 1.165) is 36.6 Å². The molecule has 1 heterocycles. The number of piperidine rings is 1. The molecule has 118 valence electrons. The number of rotatable bonds is 6. The summed E-state index contributed by atoms with van der Waals surface area (Å²) in [5.41, 5.74) is 0. The van der Waals surface area contributed by atoms with E-state index in [-0.39, 0.29) is 5.25 Å². The van der Waals surface area contributed by atoms with Crippen LogP contribution in [-0.2, 0) is 10.8 Å². The average Bonchev–Trinajstić information content (AvgIpc) is 2.49. The molecule has 1 aliphatic heterocycles. The molecule has 0 saturated carbocycles. The van der Waals surface area contributed by atoms with Crippen LogP contribution in [0.25, 0.3) is 0 Å². The number of benzene rings is 1. The first-order valence-corrected chi connectivity index (χ1v) is 9.21. The molecule has 0 bridgehead atoms. The van der Waals surface area contributed by atoms with Gasteiger partial charge in [-0.25, -0.2) is 0 Å². The molecule has 2 rings (SSSR count). The Hall–Kier alpha value is -0.870. The van der Waals surface area contributed by atoms with Crippen LogP contribution in [0.3, 0.4) is 0 Å². The Labute approximate surface area is 131 Å². The van der Waals surface area contributed by atoms with Gasteiger partial charge in [0.1, 0.15) is 11.9 Å². The first kappa shape index (κ1) is 16.5. The van der Waals surface area contributed by atoms with Gasteiger partial charge in [0.2, 0.25) is 0 Å². The van der Waals surface area contributed by atoms with E-state index in [0.29, 0.717) is 6.10 Å². The molecule has 0 radical (unpaired) electrons. The fourth-order valence-corrected chi connectivity index (χ4v) is 3.69. The highest BCUT2D eigenvalue weighted by molar-refractivity contribution is 7.85. The second-order valence-corrected chi connectivity index (χ2v) is 7.99. The quantitative estimate of drug-likeness (QED) is 0.806. The zero-order valence-corrected chi connectivity index (χ0v) is 14.2. The third-order valence-electron chi connectivity index (χ3n) is 3.84. The zero-order valence-electron chi connectivity index (χ0n) is 13.4. The highest BCUT2D eigenvalue weighted by atomic mass is 32.2. The van der Waals surface area contributed by atoms with Crippen molar-refractivity contribution in [3.8, 4) is 5.75 Å². The van der Waals surface area contributed by atoms with Gasteiger partial charge < -0.3 is 9.64 Å². The first-order chi connectivity index (χ1) is 10.1. The molecule has 1 unspecified atom stereocenters. The Morgan fingerprint density at radius 1 is 1.33 bits per heavy atom. The lowest BCUT2D eigenvalue weighted by Crippen LogP contribution is -2.38. The van der Waals surface area contributed by atoms with E-state index in [1.54, 1.807) is 0 Å². The van der Waals surface area contributed by atoms with Gasteiger partial charge in [0.15, 0.2) is 0 Å². The van der Waals surface area contributed by atoms with Crippen LogP contribution in [0, 0.1) is 0 Å². The maximum atomic E-state index is 12.2. The summed E-state index contributed by atoms with van der Waals surface area (Å²) >= 11 is 0. The minimum absolute atomic E-state index is 0.137. The van der Waals surface area contributed by atoms with Crippen molar-refractivity contribution in [2.75, 3.05) is 19.6 Å². The highest BCUT2D eigenvalue weighted by Gasteiger charge is 2.20. The molecule has 0 aliphatic carbocycles. The molecule has 3 nitrogen and oxygen atoms in total. The van der Waals surface area contributed by atoms with Crippen molar-refractivity contribution in [2.24, 2.45) is 0 Å². The van der Waals surface area contributed by atoms with Crippen molar-refractivity contribution < 1.29 is 8.95 Å². The van der Waals surface area contributed by atoms with E-state index < -0.39 is 10.8 Å². The molecule has 1 saturated heterocycles. The van der Waals surface area contributed by atoms with Gasteiger partial charge in [-0.2, -0.15) is 0 Å². The summed E-state index contributed by atoms with van der Waals surface area (Å²) in [4.78, 5) is 3.37. The van der Waals surface area contributed by atoms with Crippen molar-refractivity contribution in [1.29, 1.82) is 0 Å². The van der Waals surface area contributed by atoms with Gasteiger partial charge >= 0.3 is 0 Å². The van der Waals surface area contributed by atoms with Crippen LogP contribution in [0.15, 0.2) is 29.2 Å². The molecule has 0 N–H and O–H groups in total. The molecule has 0 amide bonds. The molecule has 1 aromatic carbocycles. The van der Waals surface area contributed by atoms with Crippen LogP contribution in [0.5, 0.6) is 5.75 Å². The van der Waals surface area contributed by atoms with E-state index in [4.69, 9.17) is 4.74 Å². The molecular weight excluding hydrogens is 282 g/mol. The smallest absolute Gasteiger partial charge is 0.120 e. The SMILES string of the molecule is CCCN1CCC(Oc2cccc(S(=O)C(C)C)c2)CC1. The Bertz CT molecular complexity index is 468. The van der Waals surface area contributed by atoms with Crippen LogP contribution in [0.4, 0.5) is 0 Å². The summed E-state index contributed by atoms with van der Waals surface area (Å²) in [5.74, 6) is 0.857. The van der Waals surface area contributed by atoms with E-state index in [2.05, 4.69) is 11.8 Å². The van der Waals surface area contributed by atoms with Crippen LogP contribution in [0.1, 0.15) is 40.0 Å². The first-order valence-electron chi connectivity index (χ1n) is 7.99. The van der Waals surface area contributed by atoms with E-state index in [9.17, 15) is 4.21 Å². The molecule has 1 aromatic rings. The van der Waals surface area contributed by atoms with Gasteiger partial charge in [0.05, 0.1) is 10.8 Å². The number of hydrogen-bond donors (Lipinski definition) is 0. The Morgan fingerprint density at radius 2 is 2.05 bits per heavy atom. The third kappa shape index (κ3) is 4.82. The molecule has 0 aromatic heterocycles. The summed E-state index contributed by atoms with van der Waals surface area (Å²) in [5, 5.41) is 0.137. The normalized spacial score (nSPS) is 18.9. The molecule has 21 heavy (non-hydrogen) atoms. The lowest BCUT2D eigenvalue weighted by Gasteiger charge is -2.31. The predicted octanol–water partition coefficient (Wildman–Crippen LogP) is 3.46. The third-order valence-corrected chi connectivity index (χ3v) is 5.42. The van der Waals surface area contributed by atoms with Crippen LogP contribution < -0.4 is 4.74 Å². The van der Waals surface area contributed by atoms with Crippen LogP contribution >= 0.6 is 0 Å². The van der Waals surface area contributed by atoms with Crippen molar-refractivity contribution in [3.63, 3.8) is 0 Å². The minimum atomic E-state index is -0.949. The minimum Gasteiger partial charge on any atom is -0.490 e. The maximum Gasteiger partial charge on any atom is 0.120 e. The largest absolute Gasteiger partial charge is 0.490 e. The topological polar surface area (TPSA) is 29.5 Å². The van der Waals surface area contributed by atoms with Crippen molar-refractivity contribution in [1.82, 2.24) is 4.90 Å². The summed E-state index contributed by atoms with van der Waals surface area (Å²) in [6, 6.07) is 7.78. The van der Waals surface area contributed by atoms with E-state index in [1.807, 2.05) is 38.1 Å². The van der Waals surface area contributed by atoms with Crippen molar-refractivity contribution >= 4 is 10.8 Å². The number of ether oxygens (including phenoxy) is 1. The molecular formula is C17H27NO2S. The van der Waals surface area contributed by atoms with Crippen molar-refractivity contribution in [2.45, 2.75) is 56.3 Å². The number of hydrogen-bond acceptors (Lipinski definition) is 3. The zero-order chi connectivity index (χ0) is 15.2. The molecule has 0 spiro atoms. The van der Waals surface area contributed by atoms with Crippen LogP contribution in [0.2, 0.25) is 0 Å². The standard InChI is InChI=1S/C17H27NO2S/c1-4-10-18-11-8-15(9-12-18)20-16-6-5-7-17(13-16)21(19)14(2)3/h5-7,13-15H,4,8-12H2,1-3H3.